The lowest BCUT2D eigenvalue weighted by Crippen LogP contribution is -2.60. The van der Waals surface area contributed by atoms with Gasteiger partial charge in [-0.25, -0.2) is 0 Å². The van der Waals surface area contributed by atoms with Gasteiger partial charge in [0.05, 0.1) is 61.5 Å². The first-order valence-electron chi connectivity index (χ1n) is 25.9. The molecule has 4 saturated heterocycles. The lowest BCUT2D eigenvalue weighted by Gasteiger charge is -2.49. The van der Waals surface area contributed by atoms with E-state index in [1.807, 2.05) is 45.1 Å². The summed E-state index contributed by atoms with van der Waals surface area (Å²) in [6, 6.07) is -0.255. The number of nitrogens with two attached hydrogens (primary N) is 1. The van der Waals surface area contributed by atoms with Gasteiger partial charge in [0.2, 0.25) is 0 Å². The zero-order chi connectivity index (χ0) is 50.4. The van der Waals surface area contributed by atoms with Gasteiger partial charge in [0.15, 0.2) is 26.7 Å². The predicted molar refractivity (Wildman–Crippen MR) is 265 cm³/mol. The fourth-order valence-electron chi connectivity index (χ4n) is 11.2. The number of hydrogen-bond acceptors (Lipinski definition) is 14. The number of rotatable bonds is 10. The van der Waals surface area contributed by atoms with Crippen LogP contribution in [0.25, 0.3) is 0 Å². The molecule has 2 bridgehead atoms. The van der Waals surface area contributed by atoms with E-state index in [1.165, 1.54) is 0 Å². The largest absolute Gasteiger partial charge is 0.462 e. The van der Waals surface area contributed by atoms with Crippen LogP contribution in [0.3, 0.4) is 0 Å². The van der Waals surface area contributed by atoms with Crippen molar-refractivity contribution in [3.8, 4) is 0 Å². The van der Waals surface area contributed by atoms with Gasteiger partial charge in [-0.2, -0.15) is 0 Å². The maximum absolute atomic E-state index is 14.8. The van der Waals surface area contributed by atoms with Gasteiger partial charge in [-0.1, -0.05) is 91.3 Å². The monoisotopic (exact) mass is 986 g/mol. The topological polar surface area (TPSA) is 165 Å². The minimum atomic E-state index is -2.37. The summed E-state index contributed by atoms with van der Waals surface area (Å²) in [5, 5.41) is 13.1. The molecule has 390 valence electrons. The average molecular weight is 986 g/mol. The molecule has 14 nitrogen and oxygen atoms in total. The highest BCUT2D eigenvalue weighted by atomic mass is 28.4. The molecule has 1 aliphatic carbocycles. The van der Waals surface area contributed by atoms with Crippen LogP contribution in [0.5, 0.6) is 0 Å². The fraction of sp³-hybridized carbons (Fsp3) is 0.796. The summed E-state index contributed by atoms with van der Waals surface area (Å²) >= 11 is 0. The number of allylic oxidation sites excluding steroid dienone is 2. The van der Waals surface area contributed by atoms with Crippen LogP contribution in [0.4, 0.5) is 0 Å². The average Bonchev–Trinajstić information content (AvgIpc) is 3.63. The summed E-state index contributed by atoms with van der Waals surface area (Å²) in [7, 11) is 0.975. The Morgan fingerprint density at radius 2 is 1.58 bits per heavy atom. The SMILES string of the molecule is CC[C@@H](C)[C@H]1O[C@]2(C=C[C@@H]1C)C[C@@H]1C[C@@H](CC=C(C)[C@@H](O[C@H]3C[C@H](OC)[C@@H](O[C@H]4C[C@H](OC)[C@H](N)[C@H](C)O4)[C@H](C)O3)[C@@H](C)C=CC=C3CO[C@@H]4[C@H](O[Si](C)(C)C(C)(C)C)C(C)=C[C@@H](C(=O)O1)[C@]34O)O2. The molecular weight excluding hydrogens is 899 g/mol. The highest BCUT2D eigenvalue weighted by molar-refractivity contribution is 6.74. The Morgan fingerprint density at radius 1 is 0.899 bits per heavy atom. The second-order valence-electron chi connectivity index (χ2n) is 22.9. The van der Waals surface area contributed by atoms with E-state index < -0.39 is 80.8 Å². The van der Waals surface area contributed by atoms with Crippen LogP contribution < -0.4 is 5.73 Å². The summed E-state index contributed by atoms with van der Waals surface area (Å²) in [4.78, 5) is 14.8. The van der Waals surface area contributed by atoms with Crippen molar-refractivity contribution in [1.29, 1.82) is 0 Å². The van der Waals surface area contributed by atoms with Crippen LogP contribution in [0.2, 0.25) is 18.1 Å². The third-order valence-corrected chi connectivity index (χ3v) is 21.3. The van der Waals surface area contributed by atoms with Crippen LogP contribution in [0.15, 0.2) is 59.3 Å². The summed E-state index contributed by atoms with van der Waals surface area (Å²) in [5.41, 5.74) is 7.04. The zero-order valence-corrected chi connectivity index (χ0v) is 45.3. The molecule has 0 aromatic rings. The third kappa shape index (κ3) is 11.5. The minimum Gasteiger partial charge on any atom is -0.462 e. The number of fused-ring (bicyclic) bond motifs is 2. The van der Waals surface area contributed by atoms with Crippen LogP contribution >= 0.6 is 0 Å². The Bertz CT molecular complexity index is 1950. The summed E-state index contributed by atoms with van der Waals surface area (Å²) in [6.45, 7) is 27.7. The Balaban J connectivity index is 1.22. The van der Waals surface area contributed by atoms with Gasteiger partial charge in [0.25, 0.3) is 0 Å². The van der Waals surface area contributed by atoms with Crippen molar-refractivity contribution in [2.24, 2.45) is 29.4 Å². The van der Waals surface area contributed by atoms with Gasteiger partial charge >= 0.3 is 5.97 Å². The maximum atomic E-state index is 14.8. The predicted octanol–water partition coefficient (Wildman–Crippen LogP) is 8.37. The van der Waals surface area contributed by atoms with Gasteiger partial charge in [-0.15, -0.1) is 0 Å². The molecule has 1 spiro atoms. The molecule has 0 radical (unpaired) electrons. The highest BCUT2D eigenvalue weighted by Gasteiger charge is 2.62. The summed E-state index contributed by atoms with van der Waals surface area (Å²) in [5.74, 6) is -2.36. The van der Waals surface area contributed by atoms with Crippen molar-refractivity contribution in [2.45, 2.75) is 230 Å². The van der Waals surface area contributed by atoms with E-state index in [0.717, 1.165) is 17.6 Å². The lowest BCUT2D eigenvalue weighted by atomic mass is 9.71. The van der Waals surface area contributed by atoms with E-state index in [4.69, 9.17) is 57.5 Å². The molecule has 0 aromatic heterocycles. The number of carbonyl (C=O) groups is 1. The fourth-order valence-corrected chi connectivity index (χ4v) is 12.5. The van der Waals surface area contributed by atoms with E-state index in [9.17, 15) is 9.90 Å². The molecule has 0 amide bonds. The maximum Gasteiger partial charge on any atom is 0.316 e. The Morgan fingerprint density at radius 3 is 2.26 bits per heavy atom. The van der Waals surface area contributed by atoms with E-state index >= 15 is 0 Å². The highest BCUT2D eigenvalue weighted by Crippen LogP contribution is 2.50. The Labute approximate surface area is 414 Å². The molecule has 7 aliphatic rings. The van der Waals surface area contributed by atoms with E-state index in [1.54, 1.807) is 14.2 Å². The van der Waals surface area contributed by atoms with Crippen molar-refractivity contribution in [2.75, 3.05) is 20.8 Å². The van der Waals surface area contributed by atoms with Gasteiger partial charge in [-0.05, 0) is 81.0 Å². The molecule has 7 rings (SSSR count). The number of ether oxygens (including phenoxy) is 10. The van der Waals surface area contributed by atoms with Crippen molar-refractivity contribution in [3.63, 3.8) is 0 Å². The molecule has 20 atom stereocenters. The smallest absolute Gasteiger partial charge is 0.316 e. The normalized spacial score (nSPS) is 43.9. The number of esters is 1. The number of aliphatic hydroxyl groups is 1. The number of carbonyl (C=O) groups excluding carboxylic acids is 1. The van der Waals surface area contributed by atoms with Gasteiger partial charge in [-0.3, -0.25) is 4.79 Å². The summed E-state index contributed by atoms with van der Waals surface area (Å²) in [6.07, 6.45) is 11.7. The Kier molecular flexibility index (Phi) is 17.3. The molecule has 4 fully saturated rings. The molecule has 69 heavy (non-hydrogen) atoms. The molecule has 0 saturated carbocycles. The van der Waals surface area contributed by atoms with Crippen LogP contribution in [0.1, 0.15) is 115 Å². The van der Waals surface area contributed by atoms with Crippen molar-refractivity contribution >= 4 is 14.3 Å². The first kappa shape index (κ1) is 54.7. The van der Waals surface area contributed by atoms with Gasteiger partial charge in [0, 0.05) is 51.7 Å². The molecule has 6 heterocycles. The van der Waals surface area contributed by atoms with Crippen LogP contribution in [-0.4, -0.2) is 137 Å². The van der Waals surface area contributed by atoms with E-state index in [0.29, 0.717) is 37.7 Å². The second kappa shape index (κ2) is 21.8. The lowest BCUT2D eigenvalue weighted by molar-refractivity contribution is -0.311. The molecule has 15 heteroatoms. The molecular formula is C54H87NO13Si. The van der Waals surface area contributed by atoms with Gasteiger partial charge in [0.1, 0.15) is 29.8 Å². The standard InChI is InChI=1S/C54H87NO13Si/c1-16-30(2)47-33(5)22-23-53(67-47)28-39-25-38(66-53)21-20-32(4)46(64-44-27-42(59-13)49(36(8)62-44)65-43-26-41(58-12)45(55)35(7)61-43)31(3)18-17-19-37-29-60-50-48(68-69(14,15)52(9,10)11)34(6)24-40(51(56)63-39)54(37,50)57/h17-20,22-24,30-31,33,35-36,38-50,57H,16,21,25-29,55H2,1-15H3/t30-,31+,33+,35+,36+,38-,39+,40+,41+,42+,43+,44+,45-,46+,47-,48-,49+,50-,53-,54-/m1/s1. The minimum absolute atomic E-state index is 0.0830. The third-order valence-electron chi connectivity index (χ3n) is 16.8. The van der Waals surface area contributed by atoms with E-state index in [2.05, 4.69) is 86.7 Å². The molecule has 0 aromatic carbocycles. The van der Waals surface area contributed by atoms with Crippen molar-refractivity contribution in [1.82, 2.24) is 0 Å². The number of methoxy groups -OCH3 is 2. The zero-order valence-electron chi connectivity index (χ0n) is 44.3. The van der Waals surface area contributed by atoms with Gasteiger partial charge < -0.3 is 62.6 Å². The first-order valence-corrected chi connectivity index (χ1v) is 28.8. The van der Waals surface area contributed by atoms with Crippen LogP contribution in [0, 0.1) is 23.7 Å². The molecule has 0 unspecified atom stereocenters. The second-order valence-corrected chi connectivity index (χ2v) is 27.7. The first-order chi connectivity index (χ1) is 32.4. The van der Waals surface area contributed by atoms with E-state index in [-0.39, 0.29) is 66.0 Å². The van der Waals surface area contributed by atoms with Crippen molar-refractivity contribution in [3.05, 3.63) is 59.3 Å². The Hall–Kier alpha value is -2.09. The van der Waals surface area contributed by atoms with Crippen molar-refractivity contribution < 1.29 is 61.7 Å². The number of hydrogen-bond donors (Lipinski definition) is 2. The summed E-state index contributed by atoms with van der Waals surface area (Å²) < 4.78 is 72.3. The van der Waals surface area contributed by atoms with Crippen LogP contribution in [-0.2, 0) is 56.6 Å². The quantitative estimate of drug-likeness (QED) is 0.122. The molecule has 3 N–H and O–H groups in total. The molecule has 6 aliphatic heterocycles.